The molecule has 4 heteroatoms. The van der Waals surface area contributed by atoms with Crippen LogP contribution >= 0.6 is 0 Å². The van der Waals surface area contributed by atoms with Gasteiger partial charge in [-0.25, -0.2) is 0 Å². The number of aliphatic hydroxyl groups is 1. The molecule has 1 aromatic heterocycles. The maximum Gasteiger partial charge on any atom is 0.274 e. The topological polar surface area (TPSA) is 62.2 Å². The van der Waals surface area contributed by atoms with Crippen molar-refractivity contribution >= 4 is 11.6 Å². The molecule has 0 radical (unpaired) electrons. The second kappa shape index (κ2) is 6.50. The molecule has 2 N–H and O–H groups in total. The highest BCUT2D eigenvalue weighted by Crippen LogP contribution is 2.15. The van der Waals surface area contributed by atoms with Gasteiger partial charge in [0.1, 0.15) is 12.3 Å². The summed E-state index contributed by atoms with van der Waals surface area (Å²) in [6.45, 7) is 1.73. The second-order valence-electron chi connectivity index (χ2n) is 4.16. The number of carbonyl (C=O) groups is 1. The van der Waals surface area contributed by atoms with Crippen LogP contribution < -0.4 is 5.32 Å². The number of hydrogen-bond donors (Lipinski definition) is 2. The summed E-state index contributed by atoms with van der Waals surface area (Å²) in [6, 6.07) is 10.6. The molecule has 0 bridgehead atoms. The predicted molar refractivity (Wildman–Crippen MR) is 77.3 cm³/mol. The van der Waals surface area contributed by atoms with Gasteiger partial charge < -0.3 is 10.4 Å². The van der Waals surface area contributed by atoms with Crippen LogP contribution in [0.15, 0.2) is 42.6 Å². The van der Waals surface area contributed by atoms with Crippen molar-refractivity contribution in [1.29, 1.82) is 0 Å². The standard InChI is InChI=1S/C16H14N2O2/c1-12-7-8-14(11-13(12)5-4-10-19)18-16(20)15-6-2-3-9-17-15/h2-3,6-9,11,19H,10H2,1H3,(H,18,20). The quantitative estimate of drug-likeness (QED) is 0.817. The van der Waals surface area contributed by atoms with Gasteiger partial charge in [-0.3, -0.25) is 9.78 Å². The third kappa shape index (κ3) is 3.44. The molecule has 4 nitrogen and oxygen atoms in total. The minimum absolute atomic E-state index is 0.191. The van der Waals surface area contributed by atoms with Crippen LogP contribution in [0.5, 0.6) is 0 Å². The van der Waals surface area contributed by atoms with Crippen LogP contribution in [0.1, 0.15) is 21.6 Å². The fourth-order valence-corrected chi connectivity index (χ4v) is 1.66. The van der Waals surface area contributed by atoms with Gasteiger partial charge in [0.05, 0.1) is 0 Å². The number of amides is 1. The average Bonchev–Trinajstić information content (AvgIpc) is 2.48. The van der Waals surface area contributed by atoms with E-state index in [9.17, 15) is 4.79 Å². The van der Waals surface area contributed by atoms with E-state index in [1.807, 2.05) is 13.0 Å². The van der Waals surface area contributed by atoms with Gasteiger partial charge in [-0.05, 0) is 36.8 Å². The summed E-state index contributed by atoms with van der Waals surface area (Å²) < 4.78 is 0. The molecule has 0 atom stereocenters. The number of benzene rings is 1. The van der Waals surface area contributed by atoms with Crippen LogP contribution in [-0.2, 0) is 0 Å². The SMILES string of the molecule is Cc1ccc(NC(=O)c2ccccn2)cc1C#CCO. The Balaban J connectivity index is 2.20. The van der Waals surface area contributed by atoms with Gasteiger partial charge in [-0.15, -0.1) is 0 Å². The Morgan fingerprint density at radius 1 is 1.35 bits per heavy atom. The van der Waals surface area contributed by atoms with Crippen molar-refractivity contribution < 1.29 is 9.90 Å². The van der Waals surface area contributed by atoms with Crippen molar-refractivity contribution in [3.63, 3.8) is 0 Å². The highest BCUT2D eigenvalue weighted by molar-refractivity contribution is 6.02. The number of rotatable bonds is 2. The molecule has 0 aliphatic heterocycles. The summed E-state index contributed by atoms with van der Waals surface area (Å²) in [5.41, 5.74) is 2.77. The first-order chi connectivity index (χ1) is 9.70. The van der Waals surface area contributed by atoms with Crippen molar-refractivity contribution in [1.82, 2.24) is 4.98 Å². The van der Waals surface area contributed by atoms with E-state index >= 15 is 0 Å². The molecule has 0 aliphatic rings. The lowest BCUT2D eigenvalue weighted by Gasteiger charge is -2.06. The monoisotopic (exact) mass is 266 g/mol. The number of aryl methyl sites for hydroxylation is 1. The zero-order chi connectivity index (χ0) is 14.4. The third-order valence-electron chi connectivity index (χ3n) is 2.70. The Hall–Kier alpha value is -2.64. The number of carbonyl (C=O) groups excluding carboxylic acids is 1. The first-order valence-electron chi connectivity index (χ1n) is 6.13. The smallest absolute Gasteiger partial charge is 0.274 e. The van der Waals surface area contributed by atoms with E-state index in [0.29, 0.717) is 11.4 Å². The lowest BCUT2D eigenvalue weighted by Crippen LogP contribution is -2.13. The maximum atomic E-state index is 12.0. The van der Waals surface area contributed by atoms with Crippen LogP contribution in [0.3, 0.4) is 0 Å². The molecule has 1 heterocycles. The average molecular weight is 266 g/mol. The molecule has 0 saturated heterocycles. The van der Waals surface area contributed by atoms with Gasteiger partial charge in [0, 0.05) is 17.4 Å². The van der Waals surface area contributed by atoms with Crippen molar-refractivity contribution in [2.45, 2.75) is 6.92 Å². The molecule has 0 saturated carbocycles. The van der Waals surface area contributed by atoms with Gasteiger partial charge in [-0.2, -0.15) is 0 Å². The molecule has 0 aliphatic carbocycles. The molecular weight excluding hydrogens is 252 g/mol. The van der Waals surface area contributed by atoms with Crippen LogP contribution in [0.4, 0.5) is 5.69 Å². The number of nitrogens with zero attached hydrogens (tertiary/aromatic N) is 1. The number of aromatic nitrogens is 1. The molecule has 1 amide bonds. The molecule has 100 valence electrons. The van der Waals surface area contributed by atoms with E-state index in [1.54, 1.807) is 36.5 Å². The Labute approximate surface area is 117 Å². The van der Waals surface area contributed by atoms with E-state index in [0.717, 1.165) is 11.1 Å². The van der Waals surface area contributed by atoms with Crippen LogP contribution in [0.25, 0.3) is 0 Å². The second-order valence-corrected chi connectivity index (χ2v) is 4.16. The fraction of sp³-hybridized carbons (Fsp3) is 0.125. The zero-order valence-corrected chi connectivity index (χ0v) is 11.1. The van der Waals surface area contributed by atoms with E-state index in [-0.39, 0.29) is 12.5 Å². The Bertz CT molecular complexity index is 670. The number of hydrogen-bond acceptors (Lipinski definition) is 3. The van der Waals surface area contributed by atoms with Crippen molar-refractivity contribution in [2.75, 3.05) is 11.9 Å². The van der Waals surface area contributed by atoms with Crippen LogP contribution in [-0.4, -0.2) is 22.6 Å². The molecular formula is C16H14N2O2. The summed E-state index contributed by atoms with van der Waals surface area (Å²) in [5, 5.41) is 11.5. The molecule has 0 unspecified atom stereocenters. The minimum Gasteiger partial charge on any atom is -0.384 e. The summed E-state index contributed by atoms with van der Waals surface area (Å²) in [6.07, 6.45) is 1.57. The van der Waals surface area contributed by atoms with Gasteiger partial charge in [0.2, 0.25) is 0 Å². The number of pyridine rings is 1. The zero-order valence-electron chi connectivity index (χ0n) is 11.1. The first-order valence-corrected chi connectivity index (χ1v) is 6.13. The fourth-order valence-electron chi connectivity index (χ4n) is 1.66. The summed E-state index contributed by atoms with van der Waals surface area (Å²) in [7, 11) is 0. The van der Waals surface area contributed by atoms with E-state index in [1.165, 1.54) is 0 Å². The van der Waals surface area contributed by atoms with Crippen molar-refractivity contribution in [2.24, 2.45) is 0 Å². The Kier molecular flexibility index (Phi) is 4.48. The maximum absolute atomic E-state index is 12.0. The Morgan fingerprint density at radius 3 is 2.90 bits per heavy atom. The molecule has 2 rings (SSSR count). The minimum atomic E-state index is -0.268. The first kappa shape index (κ1) is 13.8. The van der Waals surface area contributed by atoms with Gasteiger partial charge in [0.15, 0.2) is 0 Å². The predicted octanol–water partition coefficient (Wildman–Crippen LogP) is 1.99. The van der Waals surface area contributed by atoms with E-state index in [2.05, 4.69) is 22.1 Å². The molecule has 20 heavy (non-hydrogen) atoms. The molecule has 0 spiro atoms. The number of aliphatic hydroxyl groups excluding tert-OH is 1. The van der Waals surface area contributed by atoms with Gasteiger partial charge in [0.25, 0.3) is 5.91 Å². The molecule has 2 aromatic rings. The third-order valence-corrected chi connectivity index (χ3v) is 2.70. The number of anilines is 1. The lowest BCUT2D eigenvalue weighted by atomic mass is 10.1. The van der Waals surface area contributed by atoms with Crippen molar-refractivity contribution in [3.8, 4) is 11.8 Å². The van der Waals surface area contributed by atoms with Crippen LogP contribution in [0, 0.1) is 18.8 Å². The number of nitrogens with one attached hydrogen (secondary N) is 1. The Morgan fingerprint density at radius 2 is 2.20 bits per heavy atom. The lowest BCUT2D eigenvalue weighted by molar-refractivity contribution is 0.102. The van der Waals surface area contributed by atoms with E-state index < -0.39 is 0 Å². The summed E-state index contributed by atoms with van der Waals surface area (Å²) >= 11 is 0. The highest BCUT2D eigenvalue weighted by atomic mass is 16.2. The summed E-state index contributed by atoms with van der Waals surface area (Å²) in [5.74, 6) is 5.18. The van der Waals surface area contributed by atoms with Gasteiger partial charge >= 0.3 is 0 Å². The van der Waals surface area contributed by atoms with Crippen molar-refractivity contribution in [3.05, 3.63) is 59.4 Å². The van der Waals surface area contributed by atoms with E-state index in [4.69, 9.17) is 5.11 Å². The van der Waals surface area contributed by atoms with Gasteiger partial charge in [-0.1, -0.05) is 24.0 Å². The highest BCUT2D eigenvalue weighted by Gasteiger charge is 2.07. The largest absolute Gasteiger partial charge is 0.384 e. The summed E-state index contributed by atoms with van der Waals surface area (Å²) in [4.78, 5) is 16.0. The normalized spacial score (nSPS) is 9.50. The molecule has 1 aromatic carbocycles. The van der Waals surface area contributed by atoms with Crippen LogP contribution in [0.2, 0.25) is 0 Å². The molecule has 0 fully saturated rings.